The number of likely N-dealkylation sites (tertiary alicyclic amines) is 1. The van der Waals surface area contributed by atoms with Crippen molar-refractivity contribution in [2.24, 2.45) is 16.8 Å². The first kappa shape index (κ1) is 21.5. The van der Waals surface area contributed by atoms with Crippen molar-refractivity contribution >= 4 is 5.96 Å². The van der Waals surface area contributed by atoms with Crippen molar-refractivity contribution in [3.8, 4) is 0 Å². The van der Waals surface area contributed by atoms with E-state index in [0.29, 0.717) is 6.04 Å². The molecule has 2 aliphatic rings. The van der Waals surface area contributed by atoms with Crippen LogP contribution in [0.5, 0.6) is 0 Å². The molecule has 0 aromatic heterocycles. The van der Waals surface area contributed by atoms with Crippen molar-refractivity contribution in [3.05, 3.63) is 0 Å². The molecular formula is C20H41N5O. The molecule has 0 aromatic rings. The summed E-state index contributed by atoms with van der Waals surface area (Å²) >= 11 is 0. The number of ether oxygens (including phenoxy) is 1. The summed E-state index contributed by atoms with van der Waals surface area (Å²) < 4.78 is 5.44. The van der Waals surface area contributed by atoms with Gasteiger partial charge in [0, 0.05) is 45.3 Å². The van der Waals surface area contributed by atoms with Gasteiger partial charge in [0.05, 0.1) is 19.8 Å². The summed E-state index contributed by atoms with van der Waals surface area (Å²) in [5.74, 6) is 2.63. The maximum atomic E-state index is 5.44. The molecule has 3 atom stereocenters. The van der Waals surface area contributed by atoms with Crippen LogP contribution < -0.4 is 10.6 Å². The molecule has 3 unspecified atom stereocenters. The second-order valence-electron chi connectivity index (χ2n) is 8.20. The number of nitrogens with one attached hydrogen (secondary N) is 2. The molecule has 0 saturated carbocycles. The van der Waals surface area contributed by atoms with Crippen molar-refractivity contribution in [2.75, 3.05) is 65.6 Å². The van der Waals surface area contributed by atoms with Crippen LogP contribution >= 0.6 is 0 Å². The summed E-state index contributed by atoms with van der Waals surface area (Å²) in [6, 6.07) is 0.464. The third-order valence-electron chi connectivity index (χ3n) is 5.41. The van der Waals surface area contributed by atoms with Gasteiger partial charge in [-0.05, 0) is 45.1 Å². The zero-order valence-corrected chi connectivity index (χ0v) is 17.5. The highest BCUT2D eigenvalue weighted by molar-refractivity contribution is 5.79. The van der Waals surface area contributed by atoms with Gasteiger partial charge in [-0.3, -0.25) is 9.89 Å². The van der Waals surface area contributed by atoms with E-state index in [9.17, 15) is 0 Å². The fourth-order valence-electron chi connectivity index (χ4n) is 4.18. The smallest absolute Gasteiger partial charge is 0.191 e. The average Bonchev–Trinajstić information content (AvgIpc) is 2.62. The molecule has 0 radical (unpaired) electrons. The number of piperidine rings is 1. The van der Waals surface area contributed by atoms with E-state index in [0.717, 1.165) is 63.7 Å². The summed E-state index contributed by atoms with van der Waals surface area (Å²) in [4.78, 5) is 9.89. The van der Waals surface area contributed by atoms with Crippen LogP contribution in [0.4, 0.5) is 0 Å². The Labute approximate surface area is 160 Å². The summed E-state index contributed by atoms with van der Waals surface area (Å²) in [6.07, 6.45) is 2.55. The van der Waals surface area contributed by atoms with Gasteiger partial charge in [-0.2, -0.15) is 0 Å². The van der Waals surface area contributed by atoms with Crippen molar-refractivity contribution in [1.29, 1.82) is 0 Å². The Balaban J connectivity index is 1.67. The highest BCUT2D eigenvalue weighted by atomic mass is 16.5. The Morgan fingerprint density at radius 2 is 1.85 bits per heavy atom. The van der Waals surface area contributed by atoms with Crippen LogP contribution in [0, 0.1) is 11.8 Å². The first-order valence-corrected chi connectivity index (χ1v) is 10.6. The van der Waals surface area contributed by atoms with Crippen LogP contribution in [-0.4, -0.2) is 87.4 Å². The zero-order valence-electron chi connectivity index (χ0n) is 17.5. The minimum Gasteiger partial charge on any atom is -0.379 e. The Hall–Kier alpha value is -0.850. The fraction of sp³-hybridized carbons (Fsp3) is 0.950. The topological polar surface area (TPSA) is 52.1 Å². The van der Waals surface area contributed by atoms with E-state index < -0.39 is 0 Å². The van der Waals surface area contributed by atoms with E-state index >= 15 is 0 Å². The Morgan fingerprint density at radius 3 is 2.50 bits per heavy atom. The van der Waals surface area contributed by atoms with Crippen LogP contribution in [0.15, 0.2) is 4.99 Å². The van der Waals surface area contributed by atoms with Gasteiger partial charge in [-0.1, -0.05) is 13.8 Å². The standard InChI is InChI=1S/C20H41N5O/c1-5-21-20(23-14-19(4)25-9-11-26-12-10-25)22-7-6-8-24-15-17(2)13-18(3)16-24/h17-19H,5-16H2,1-4H3,(H2,21,22,23). The number of rotatable bonds is 8. The van der Waals surface area contributed by atoms with Crippen LogP contribution in [0.1, 0.15) is 40.5 Å². The monoisotopic (exact) mass is 367 g/mol. The number of morpholine rings is 1. The average molecular weight is 368 g/mol. The summed E-state index contributed by atoms with van der Waals surface area (Å²) in [5, 5.41) is 6.89. The summed E-state index contributed by atoms with van der Waals surface area (Å²) in [5.41, 5.74) is 0. The van der Waals surface area contributed by atoms with Crippen LogP contribution in [-0.2, 0) is 4.74 Å². The molecule has 0 spiro atoms. The van der Waals surface area contributed by atoms with E-state index in [1.165, 1.54) is 32.5 Å². The quantitative estimate of drug-likeness (QED) is 0.388. The van der Waals surface area contributed by atoms with Crippen molar-refractivity contribution < 1.29 is 4.74 Å². The third-order valence-corrected chi connectivity index (χ3v) is 5.41. The van der Waals surface area contributed by atoms with Gasteiger partial charge in [0.25, 0.3) is 0 Å². The maximum Gasteiger partial charge on any atom is 0.191 e. The van der Waals surface area contributed by atoms with E-state index in [4.69, 9.17) is 9.73 Å². The Bertz CT molecular complexity index is 401. The first-order valence-electron chi connectivity index (χ1n) is 10.6. The predicted octanol–water partition coefficient (Wildman–Crippen LogP) is 1.63. The number of nitrogens with zero attached hydrogens (tertiary/aromatic N) is 3. The molecule has 26 heavy (non-hydrogen) atoms. The van der Waals surface area contributed by atoms with Gasteiger partial charge < -0.3 is 20.3 Å². The molecule has 0 aliphatic carbocycles. The van der Waals surface area contributed by atoms with Gasteiger partial charge in [-0.15, -0.1) is 0 Å². The Morgan fingerprint density at radius 1 is 1.15 bits per heavy atom. The molecule has 6 heteroatoms. The molecular weight excluding hydrogens is 326 g/mol. The number of guanidine groups is 1. The van der Waals surface area contributed by atoms with Gasteiger partial charge in [-0.25, -0.2) is 0 Å². The number of hydrogen-bond donors (Lipinski definition) is 2. The van der Waals surface area contributed by atoms with E-state index in [1.807, 2.05) is 0 Å². The number of hydrogen-bond acceptors (Lipinski definition) is 4. The molecule has 2 aliphatic heterocycles. The first-order chi connectivity index (χ1) is 12.6. The largest absolute Gasteiger partial charge is 0.379 e. The highest BCUT2D eigenvalue weighted by Gasteiger charge is 2.21. The fourth-order valence-corrected chi connectivity index (χ4v) is 4.18. The molecule has 2 N–H and O–H groups in total. The van der Waals surface area contributed by atoms with Crippen LogP contribution in [0.3, 0.4) is 0 Å². The molecule has 2 heterocycles. The SMILES string of the molecule is CCNC(=NCC(C)N1CCOCC1)NCCCN1CC(C)CC(C)C1. The molecule has 152 valence electrons. The van der Waals surface area contributed by atoms with E-state index in [-0.39, 0.29) is 0 Å². The molecule has 0 amide bonds. The maximum absolute atomic E-state index is 5.44. The molecule has 2 rings (SSSR count). The van der Waals surface area contributed by atoms with Crippen LogP contribution in [0.2, 0.25) is 0 Å². The number of aliphatic imine (C=N–C) groups is 1. The predicted molar refractivity (Wildman–Crippen MR) is 110 cm³/mol. The van der Waals surface area contributed by atoms with Crippen molar-refractivity contribution in [1.82, 2.24) is 20.4 Å². The summed E-state index contributed by atoms with van der Waals surface area (Å²) in [7, 11) is 0. The Kier molecular flexibility index (Phi) is 9.72. The molecule has 0 aromatic carbocycles. The van der Waals surface area contributed by atoms with Crippen LogP contribution in [0.25, 0.3) is 0 Å². The summed E-state index contributed by atoms with van der Waals surface area (Å²) in [6.45, 7) is 19.3. The molecule has 0 bridgehead atoms. The minimum atomic E-state index is 0.464. The zero-order chi connectivity index (χ0) is 18.8. The lowest BCUT2D eigenvalue weighted by Crippen LogP contribution is -2.45. The van der Waals surface area contributed by atoms with E-state index in [1.54, 1.807) is 0 Å². The van der Waals surface area contributed by atoms with Gasteiger partial charge in [0.15, 0.2) is 5.96 Å². The normalized spacial score (nSPS) is 27.3. The van der Waals surface area contributed by atoms with Gasteiger partial charge >= 0.3 is 0 Å². The minimum absolute atomic E-state index is 0.464. The lowest BCUT2D eigenvalue weighted by molar-refractivity contribution is 0.0220. The van der Waals surface area contributed by atoms with E-state index in [2.05, 4.69) is 48.1 Å². The second kappa shape index (κ2) is 11.8. The van der Waals surface area contributed by atoms with Gasteiger partial charge in [0.2, 0.25) is 0 Å². The second-order valence-corrected chi connectivity index (χ2v) is 8.20. The highest BCUT2D eigenvalue weighted by Crippen LogP contribution is 2.20. The molecule has 2 fully saturated rings. The molecule has 6 nitrogen and oxygen atoms in total. The van der Waals surface area contributed by atoms with Crippen molar-refractivity contribution in [2.45, 2.75) is 46.6 Å². The van der Waals surface area contributed by atoms with Gasteiger partial charge in [0.1, 0.15) is 0 Å². The third kappa shape index (κ3) is 7.80. The lowest BCUT2D eigenvalue weighted by Gasteiger charge is -2.35. The molecule has 2 saturated heterocycles. The lowest BCUT2D eigenvalue weighted by atomic mass is 9.92. The van der Waals surface area contributed by atoms with Crippen molar-refractivity contribution in [3.63, 3.8) is 0 Å².